The number of carbonyl (C=O) groups excluding carboxylic acids is 1. The predicted molar refractivity (Wildman–Crippen MR) is 77.9 cm³/mol. The summed E-state index contributed by atoms with van der Waals surface area (Å²) in [6, 6.07) is 4.27. The van der Waals surface area contributed by atoms with Crippen LogP contribution >= 0.6 is 0 Å². The van der Waals surface area contributed by atoms with Crippen molar-refractivity contribution in [2.24, 2.45) is 5.92 Å². The number of amides is 1. The Morgan fingerprint density at radius 2 is 2.33 bits per heavy atom. The molecule has 1 aliphatic carbocycles. The van der Waals surface area contributed by atoms with Crippen LogP contribution in [0, 0.1) is 11.7 Å². The number of benzene rings is 1. The third kappa shape index (κ3) is 3.35. The van der Waals surface area contributed by atoms with Crippen LogP contribution in [-0.4, -0.2) is 30.3 Å². The van der Waals surface area contributed by atoms with Crippen molar-refractivity contribution in [1.29, 1.82) is 0 Å². The van der Waals surface area contributed by atoms with Crippen LogP contribution in [0.25, 0.3) is 0 Å². The predicted octanol–water partition coefficient (Wildman–Crippen LogP) is 2.51. The number of nitrogens with one attached hydrogen (secondary N) is 1. The van der Waals surface area contributed by atoms with Crippen LogP contribution in [0.5, 0.6) is 5.75 Å². The lowest BCUT2D eigenvalue weighted by molar-refractivity contribution is 0.0691. The van der Waals surface area contributed by atoms with E-state index >= 15 is 0 Å². The van der Waals surface area contributed by atoms with Crippen molar-refractivity contribution >= 4 is 5.91 Å². The fraction of sp³-hybridized carbons (Fsp3) is 0.562. The summed E-state index contributed by atoms with van der Waals surface area (Å²) in [4.78, 5) is 12.4. The highest BCUT2D eigenvalue weighted by Crippen LogP contribution is 2.33. The highest BCUT2D eigenvalue weighted by molar-refractivity contribution is 5.97. The van der Waals surface area contributed by atoms with Crippen molar-refractivity contribution < 1.29 is 19.0 Å². The summed E-state index contributed by atoms with van der Waals surface area (Å²) < 4.78 is 19.0. The first kappa shape index (κ1) is 15.8. The Kier molecular flexibility index (Phi) is 4.83. The molecule has 0 spiro atoms. The zero-order valence-corrected chi connectivity index (χ0v) is 12.5. The standard InChI is InChI=1S/C16H22FNO3/c1-11-5-4-8-16(9-11,10-19)18-15(20)14-12(17)6-3-7-13(14)21-2/h3,6-7,11,19H,4-5,8-10H2,1-2H3,(H,18,20). The summed E-state index contributed by atoms with van der Waals surface area (Å²) in [5.74, 6) is -0.532. The number of hydrogen-bond acceptors (Lipinski definition) is 3. The molecule has 0 radical (unpaired) electrons. The quantitative estimate of drug-likeness (QED) is 0.897. The van der Waals surface area contributed by atoms with E-state index in [0.717, 1.165) is 12.8 Å². The minimum Gasteiger partial charge on any atom is -0.496 e. The number of aliphatic hydroxyl groups is 1. The van der Waals surface area contributed by atoms with Gasteiger partial charge in [0.15, 0.2) is 0 Å². The number of aliphatic hydroxyl groups excluding tert-OH is 1. The number of carbonyl (C=O) groups is 1. The molecule has 1 aliphatic rings. The maximum absolute atomic E-state index is 13.9. The smallest absolute Gasteiger partial charge is 0.258 e. The van der Waals surface area contributed by atoms with E-state index in [1.54, 1.807) is 6.07 Å². The van der Waals surface area contributed by atoms with Gasteiger partial charge in [0.1, 0.15) is 17.1 Å². The van der Waals surface area contributed by atoms with Crippen molar-refractivity contribution in [3.8, 4) is 5.75 Å². The van der Waals surface area contributed by atoms with Gasteiger partial charge in [-0.3, -0.25) is 4.79 Å². The Labute approximate surface area is 124 Å². The molecular weight excluding hydrogens is 273 g/mol. The molecule has 0 aromatic heterocycles. The molecular formula is C16H22FNO3. The average Bonchev–Trinajstić information content (AvgIpc) is 2.46. The lowest BCUT2D eigenvalue weighted by Gasteiger charge is -2.39. The number of ether oxygens (including phenoxy) is 1. The Morgan fingerprint density at radius 1 is 1.57 bits per heavy atom. The molecule has 1 aromatic rings. The van der Waals surface area contributed by atoms with E-state index in [1.165, 1.54) is 19.2 Å². The minimum absolute atomic E-state index is 0.106. The highest BCUT2D eigenvalue weighted by Gasteiger charge is 2.36. The Hall–Kier alpha value is -1.62. The molecule has 4 nitrogen and oxygen atoms in total. The van der Waals surface area contributed by atoms with Crippen LogP contribution in [-0.2, 0) is 0 Å². The van der Waals surface area contributed by atoms with Crippen LogP contribution in [0.4, 0.5) is 4.39 Å². The lowest BCUT2D eigenvalue weighted by Crippen LogP contribution is -2.54. The van der Waals surface area contributed by atoms with Gasteiger partial charge in [-0.2, -0.15) is 0 Å². The third-order valence-electron chi connectivity index (χ3n) is 4.20. The van der Waals surface area contributed by atoms with Crippen molar-refractivity contribution in [3.05, 3.63) is 29.6 Å². The minimum atomic E-state index is -0.665. The van der Waals surface area contributed by atoms with Crippen LogP contribution in [0.1, 0.15) is 43.0 Å². The number of methoxy groups -OCH3 is 1. The van der Waals surface area contributed by atoms with Gasteiger partial charge in [0.2, 0.25) is 0 Å². The molecule has 116 valence electrons. The molecule has 0 saturated heterocycles. The molecule has 1 amide bonds. The molecule has 1 aromatic carbocycles. The second-order valence-electron chi connectivity index (χ2n) is 5.91. The first-order valence-electron chi connectivity index (χ1n) is 7.27. The Balaban J connectivity index is 2.24. The van der Waals surface area contributed by atoms with Gasteiger partial charge in [-0.25, -0.2) is 4.39 Å². The van der Waals surface area contributed by atoms with Crippen LogP contribution in [0.15, 0.2) is 18.2 Å². The largest absolute Gasteiger partial charge is 0.496 e. The number of halogens is 1. The monoisotopic (exact) mass is 295 g/mol. The summed E-state index contributed by atoms with van der Waals surface area (Å²) in [5.41, 5.74) is -0.770. The molecule has 2 atom stereocenters. The van der Waals surface area contributed by atoms with Crippen molar-refractivity contribution in [3.63, 3.8) is 0 Å². The third-order valence-corrected chi connectivity index (χ3v) is 4.20. The summed E-state index contributed by atoms with van der Waals surface area (Å²) >= 11 is 0. The Bertz CT molecular complexity index is 520. The van der Waals surface area contributed by atoms with Gasteiger partial charge >= 0.3 is 0 Å². The maximum atomic E-state index is 13.9. The Morgan fingerprint density at radius 3 is 2.95 bits per heavy atom. The fourth-order valence-corrected chi connectivity index (χ4v) is 3.15. The lowest BCUT2D eigenvalue weighted by atomic mass is 9.76. The summed E-state index contributed by atoms with van der Waals surface area (Å²) in [7, 11) is 1.40. The summed E-state index contributed by atoms with van der Waals surface area (Å²) in [5, 5.41) is 12.5. The van der Waals surface area contributed by atoms with Gasteiger partial charge in [-0.05, 0) is 30.9 Å². The maximum Gasteiger partial charge on any atom is 0.258 e. The summed E-state index contributed by atoms with van der Waals surface area (Å²) in [6.45, 7) is 1.96. The van der Waals surface area contributed by atoms with Crippen LogP contribution < -0.4 is 10.1 Å². The summed E-state index contributed by atoms with van der Waals surface area (Å²) in [6.07, 6.45) is 3.43. The van der Waals surface area contributed by atoms with E-state index in [-0.39, 0.29) is 17.9 Å². The van der Waals surface area contributed by atoms with Crippen LogP contribution in [0.2, 0.25) is 0 Å². The zero-order valence-electron chi connectivity index (χ0n) is 12.5. The second kappa shape index (κ2) is 6.43. The van der Waals surface area contributed by atoms with Gasteiger partial charge < -0.3 is 15.2 Å². The van der Waals surface area contributed by atoms with E-state index in [1.807, 2.05) is 0 Å². The molecule has 2 rings (SSSR count). The molecule has 1 saturated carbocycles. The number of rotatable bonds is 4. The SMILES string of the molecule is COc1cccc(F)c1C(=O)NC1(CO)CCCC(C)C1. The van der Waals surface area contributed by atoms with Gasteiger partial charge in [0.05, 0.1) is 19.3 Å². The topological polar surface area (TPSA) is 58.6 Å². The van der Waals surface area contributed by atoms with E-state index in [4.69, 9.17) is 4.74 Å². The molecule has 21 heavy (non-hydrogen) atoms. The fourth-order valence-electron chi connectivity index (χ4n) is 3.15. The highest BCUT2D eigenvalue weighted by atomic mass is 19.1. The van der Waals surface area contributed by atoms with E-state index < -0.39 is 17.3 Å². The van der Waals surface area contributed by atoms with Gasteiger partial charge in [-0.15, -0.1) is 0 Å². The second-order valence-corrected chi connectivity index (χ2v) is 5.91. The van der Waals surface area contributed by atoms with Crippen LogP contribution in [0.3, 0.4) is 0 Å². The molecule has 0 bridgehead atoms. The molecule has 2 N–H and O–H groups in total. The van der Waals surface area contributed by atoms with E-state index in [9.17, 15) is 14.3 Å². The first-order valence-corrected chi connectivity index (χ1v) is 7.27. The average molecular weight is 295 g/mol. The molecule has 1 fully saturated rings. The molecule has 0 aliphatic heterocycles. The van der Waals surface area contributed by atoms with Gasteiger partial charge in [0, 0.05) is 0 Å². The van der Waals surface area contributed by atoms with E-state index in [2.05, 4.69) is 12.2 Å². The first-order chi connectivity index (χ1) is 10.0. The van der Waals surface area contributed by atoms with Crippen molar-refractivity contribution in [2.75, 3.05) is 13.7 Å². The zero-order chi connectivity index (χ0) is 15.5. The van der Waals surface area contributed by atoms with E-state index in [0.29, 0.717) is 18.8 Å². The molecule has 5 heteroatoms. The molecule has 0 heterocycles. The number of hydrogen-bond donors (Lipinski definition) is 2. The van der Waals surface area contributed by atoms with Gasteiger partial charge in [0.25, 0.3) is 5.91 Å². The molecule has 2 unspecified atom stereocenters. The van der Waals surface area contributed by atoms with Crippen molar-refractivity contribution in [1.82, 2.24) is 5.32 Å². The normalized spacial score (nSPS) is 25.4. The van der Waals surface area contributed by atoms with Gasteiger partial charge in [-0.1, -0.05) is 25.8 Å². The van der Waals surface area contributed by atoms with Crippen molar-refractivity contribution in [2.45, 2.75) is 38.1 Å².